The molecule has 108 valence electrons. The third-order valence-corrected chi connectivity index (χ3v) is 4.15. The van der Waals surface area contributed by atoms with Crippen molar-refractivity contribution in [1.29, 1.82) is 0 Å². The molecule has 3 rings (SSSR count). The Hall–Kier alpha value is -2.21. The van der Waals surface area contributed by atoms with Crippen LogP contribution in [-0.4, -0.2) is 32.9 Å². The Morgan fingerprint density at radius 3 is 2.81 bits per heavy atom. The lowest BCUT2D eigenvalue weighted by atomic mass is 10.1. The van der Waals surface area contributed by atoms with Crippen molar-refractivity contribution in [2.24, 2.45) is 0 Å². The molecule has 0 radical (unpaired) electrons. The molecule has 0 atom stereocenters. The summed E-state index contributed by atoms with van der Waals surface area (Å²) in [6, 6.07) is 5.11. The zero-order valence-electron chi connectivity index (χ0n) is 11.2. The third-order valence-electron chi connectivity index (χ3n) is 3.42. The van der Waals surface area contributed by atoms with Gasteiger partial charge in [-0.15, -0.1) is 0 Å². The summed E-state index contributed by atoms with van der Waals surface area (Å²) in [5, 5.41) is 13.2. The average Bonchev–Trinajstić information content (AvgIpc) is 3.20. The number of carboxylic acids is 1. The lowest BCUT2D eigenvalue weighted by Crippen LogP contribution is -2.34. The first kappa shape index (κ1) is 13.8. The van der Waals surface area contributed by atoms with Crippen LogP contribution in [0.1, 0.15) is 39.3 Å². The van der Waals surface area contributed by atoms with Crippen molar-refractivity contribution < 1.29 is 14.7 Å². The number of carbonyl (C=O) groups excluding carboxylic acids is 1. The van der Waals surface area contributed by atoms with Crippen LogP contribution in [0.2, 0.25) is 0 Å². The van der Waals surface area contributed by atoms with E-state index in [1.54, 1.807) is 16.2 Å². The van der Waals surface area contributed by atoms with Gasteiger partial charge in [0.15, 0.2) is 0 Å². The van der Waals surface area contributed by atoms with Gasteiger partial charge >= 0.3 is 5.97 Å². The van der Waals surface area contributed by atoms with E-state index < -0.39 is 5.97 Å². The van der Waals surface area contributed by atoms with E-state index in [-0.39, 0.29) is 23.2 Å². The highest BCUT2D eigenvalue weighted by Gasteiger charge is 2.35. The van der Waals surface area contributed by atoms with Crippen molar-refractivity contribution >= 4 is 23.2 Å². The molecule has 1 fully saturated rings. The van der Waals surface area contributed by atoms with E-state index in [0.717, 1.165) is 18.4 Å². The minimum Gasteiger partial charge on any atom is -0.478 e. The molecule has 1 aliphatic rings. The zero-order chi connectivity index (χ0) is 14.8. The van der Waals surface area contributed by atoms with Gasteiger partial charge < -0.3 is 10.0 Å². The molecule has 2 heterocycles. The fourth-order valence-electron chi connectivity index (χ4n) is 2.22. The quantitative estimate of drug-likeness (QED) is 0.921. The molecule has 2 aromatic rings. The SMILES string of the molecule is O=C(O)c1cccnc1C(=O)N(Cc1ccsc1)C1CC1. The van der Waals surface area contributed by atoms with Gasteiger partial charge in [0.2, 0.25) is 0 Å². The summed E-state index contributed by atoms with van der Waals surface area (Å²) >= 11 is 1.58. The summed E-state index contributed by atoms with van der Waals surface area (Å²) in [4.78, 5) is 29.6. The Bertz CT molecular complexity index is 665. The van der Waals surface area contributed by atoms with Crippen molar-refractivity contribution in [2.45, 2.75) is 25.4 Å². The van der Waals surface area contributed by atoms with Gasteiger partial charge in [0, 0.05) is 18.8 Å². The van der Waals surface area contributed by atoms with Crippen LogP contribution >= 0.6 is 11.3 Å². The predicted octanol–water partition coefficient (Wildman–Crippen LogP) is 2.65. The first-order chi connectivity index (χ1) is 10.2. The van der Waals surface area contributed by atoms with Crippen molar-refractivity contribution in [1.82, 2.24) is 9.88 Å². The highest BCUT2D eigenvalue weighted by Crippen LogP contribution is 2.30. The maximum atomic E-state index is 12.7. The average molecular weight is 302 g/mol. The van der Waals surface area contributed by atoms with Crippen molar-refractivity contribution in [2.75, 3.05) is 0 Å². The molecule has 2 aromatic heterocycles. The largest absolute Gasteiger partial charge is 0.478 e. The van der Waals surface area contributed by atoms with E-state index in [9.17, 15) is 14.7 Å². The molecule has 0 unspecified atom stereocenters. The van der Waals surface area contributed by atoms with Gasteiger partial charge in [0.1, 0.15) is 5.69 Å². The lowest BCUT2D eigenvalue weighted by Gasteiger charge is -2.22. The fourth-order valence-corrected chi connectivity index (χ4v) is 2.88. The molecule has 0 bridgehead atoms. The summed E-state index contributed by atoms with van der Waals surface area (Å²) in [6.07, 6.45) is 3.38. The Balaban J connectivity index is 1.89. The highest BCUT2D eigenvalue weighted by atomic mass is 32.1. The van der Waals surface area contributed by atoms with Crippen LogP contribution in [0.3, 0.4) is 0 Å². The molecule has 6 heteroatoms. The Kier molecular flexibility index (Phi) is 3.70. The number of thiophene rings is 1. The molecule has 0 aliphatic heterocycles. The second kappa shape index (κ2) is 5.65. The zero-order valence-corrected chi connectivity index (χ0v) is 12.0. The highest BCUT2D eigenvalue weighted by molar-refractivity contribution is 7.07. The molecular weight excluding hydrogens is 288 g/mol. The molecule has 1 saturated carbocycles. The number of amides is 1. The summed E-state index contributed by atoms with van der Waals surface area (Å²) in [5.41, 5.74) is 1.04. The van der Waals surface area contributed by atoms with Crippen LogP contribution in [0.5, 0.6) is 0 Å². The van der Waals surface area contributed by atoms with Crippen molar-refractivity contribution in [3.63, 3.8) is 0 Å². The third kappa shape index (κ3) is 2.95. The molecule has 0 spiro atoms. The number of aromatic nitrogens is 1. The fraction of sp³-hybridized carbons (Fsp3) is 0.267. The van der Waals surface area contributed by atoms with Crippen LogP contribution in [0.15, 0.2) is 35.2 Å². The van der Waals surface area contributed by atoms with E-state index >= 15 is 0 Å². The maximum Gasteiger partial charge on any atom is 0.338 e. The first-order valence-electron chi connectivity index (χ1n) is 6.67. The second-order valence-electron chi connectivity index (χ2n) is 5.00. The molecular formula is C15H14N2O3S. The van der Waals surface area contributed by atoms with Gasteiger partial charge in [-0.05, 0) is 47.4 Å². The Morgan fingerprint density at radius 2 is 2.19 bits per heavy atom. The molecule has 5 nitrogen and oxygen atoms in total. The van der Waals surface area contributed by atoms with E-state index in [0.29, 0.717) is 6.54 Å². The van der Waals surface area contributed by atoms with Gasteiger partial charge in [-0.25, -0.2) is 4.79 Å². The van der Waals surface area contributed by atoms with Crippen LogP contribution in [0, 0.1) is 0 Å². The Morgan fingerprint density at radius 1 is 1.38 bits per heavy atom. The standard InChI is InChI=1S/C15H14N2O3S/c18-14(13-12(15(19)20)2-1-6-16-13)17(11-3-4-11)8-10-5-7-21-9-10/h1-2,5-7,9,11H,3-4,8H2,(H,19,20). The minimum atomic E-state index is -1.13. The number of hydrogen-bond acceptors (Lipinski definition) is 4. The normalized spacial score (nSPS) is 13.9. The van der Waals surface area contributed by atoms with Crippen molar-refractivity contribution in [3.8, 4) is 0 Å². The molecule has 1 aliphatic carbocycles. The van der Waals surface area contributed by atoms with E-state index in [2.05, 4.69) is 4.98 Å². The van der Waals surface area contributed by atoms with Crippen LogP contribution < -0.4 is 0 Å². The lowest BCUT2D eigenvalue weighted by molar-refractivity contribution is 0.0664. The number of pyridine rings is 1. The second-order valence-corrected chi connectivity index (χ2v) is 5.78. The number of hydrogen-bond donors (Lipinski definition) is 1. The Labute approximate surface area is 125 Å². The summed E-state index contributed by atoms with van der Waals surface area (Å²) in [7, 11) is 0. The molecule has 21 heavy (non-hydrogen) atoms. The summed E-state index contributed by atoms with van der Waals surface area (Å²) in [6.45, 7) is 0.503. The summed E-state index contributed by atoms with van der Waals surface area (Å²) < 4.78 is 0. The first-order valence-corrected chi connectivity index (χ1v) is 7.61. The number of rotatable bonds is 5. The smallest absolute Gasteiger partial charge is 0.338 e. The van der Waals surface area contributed by atoms with E-state index in [4.69, 9.17) is 0 Å². The molecule has 0 saturated heterocycles. The molecule has 1 amide bonds. The van der Waals surface area contributed by atoms with Gasteiger partial charge in [-0.2, -0.15) is 11.3 Å². The van der Waals surface area contributed by atoms with Gasteiger partial charge in [-0.3, -0.25) is 9.78 Å². The monoisotopic (exact) mass is 302 g/mol. The number of carbonyl (C=O) groups is 2. The minimum absolute atomic E-state index is 0.0205. The van der Waals surface area contributed by atoms with E-state index in [1.807, 2.05) is 16.8 Å². The number of nitrogens with zero attached hydrogens (tertiary/aromatic N) is 2. The summed E-state index contributed by atoms with van der Waals surface area (Å²) in [5.74, 6) is -1.43. The maximum absolute atomic E-state index is 12.7. The molecule has 1 N–H and O–H groups in total. The van der Waals surface area contributed by atoms with Gasteiger partial charge in [0.05, 0.1) is 5.56 Å². The molecule has 0 aromatic carbocycles. The van der Waals surface area contributed by atoms with Gasteiger partial charge in [-0.1, -0.05) is 0 Å². The van der Waals surface area contributed by atoms with Crippen LogP contribution in [0.4, 0.5) is 0 Å². The van der Waals surface area contributed by atoms with Crippen LogP contribution in [-0.2, 0) is 6.54 Å². The topological polar surface area (TPSA) is 70.5 Å². The number of carboxylic acid groups (broad SMARTS) is 1. The number of aromatic carboxylic acids is 1. The predicted molar refractivity (Wildman–Crippen MR) is 78.4 cm³/mol. The van der Waals surface area contributed by atoms with Gasteiger partial charge in [0.25, 0.3) is 5.91 Å². The van der Waals surface area contributed by atoms with E-state index in [1.165, 1.54) is 18.3 Å². The van der Waals surface area contributed by atoms with Crippen LogP contribution in [0.25, 0.3) is 0 Å². The van der Waals surface area contributed by atoms with Crippen molar-refractivity contribution in [3.05, 3.63) is 52.0 Å².